The van der Waals surface area contributed by atoms with Crippen LogP contribution in [0.2, 0.25) is 0 Å². The Balaban J connectivity index is 2.22. The van der Waals surface area contributed by atoms with E-state index in [0.717, 1.165) is 12.1 Å². The van der Waals surface area contributed by atoms with E-state index in [1.807, 2.05) is 6.92 Å². The number of ether oxygens (including phenoxy) is 2. The Morgan fingerprint density at radius 3 is 1.66 bits per heavy atom. The summed E-state index contributed by atoms with van der Waals surface area (Å²) < 4.78 is 12.2. The van der Waals surface area contributed by atoms with E-state index in [-0.39, 0.29) is 11.5 Å². The summed E-state index contributed by atoms with van der Waals surface area (Å²) in [6.45, 7) is 1.89. The van der Waals surface area contributed by atoms with Crippen LogP contribution in [-0.2, 0) is 0 Å². The number of carbonyl (C=O) groups is 4. The van der Waals surface area contributed by atoms with Crippen LogP contribution in [0.4, 0.5) is 0 Å². The summed E-state index contributed by atoms with van der Waals surface area (Å²) in [7, 11) is 0. The molecule has 3 rings (SSSR count). The molecule has 10 nitrogen and oxygen atoms in total. The van der Waals surface area contributed by atoms with Crippen LogP contribution < -0.4 is 9.47 Å². The molecule has 0 saturated carbocycles. The molecule has 0 saturated heterocycles. The van der Waals surface area contributed by atoms with Gasteiger partial charge in [0, 0.05) is 6.08 Å². The highest BCUT2D eigenvalue weighted by Gasteiger charge is 2.43. The first kappa shape index (κ1) is 25.0. The van der Waals surface area contributed by atoms with E-state index in [1.54, 1.807) is 18.2 Å². The lowest BCUT2D eigenvalue weighted by Gasteiger charge is -2.39. The van der Waals surface area contributed by atoms with Gasteiger partial charge in [0.25, 0.3) is 5.79 Å². The lowest BCUT2D eigenvalue weighted by atomic mass is 9.89. The average molecular weight is 482 g/mol. The molecule has 1 aliphatic rings. The summed E-state index contributed by atoms with van der Waals surface area (Å²) in [4.78, 5) is 47.2. The van der Waals surface area contributed by atoms with Crippen molar-refractivity contribution in [3.8, 4) is 11.5 Å². The van der Waals surface area contributed by atoms with E-state index in [2.05, 4.69) is 0 Å². The first-order valence-electron chi connectivity index (χ1n) is 10.5. The van der Waals surface area contributed by atoms with Crippen LogP contribution in [0.25, 0.3) is 0 Å². The zero-order valence-electron chi connectivity index (χ0n) is 18.5. The number of allylic oxidation sites excluding steroid dienone is 2. The Morgan fingerprint density at radius 1 is 0.771 bits per heavy atom. The fourth-order valence-electron chi connectivity index (χ4n) is 3.87. The van der Waals surface area contributed by atoms with Gasteiger partial charge in [0.1, 0.15) is 22.6 Å². The van der Waals surface area contributed by atoms with E-state index in [4.69, 9.17) is 9.47 Å². The van der Waals surface area contributed by atoms with Gasteiger partial charge in [0.15, 0.2) is 0 Å². The van der Waals surface area contributed by atoms with Gasteiger partial charge in [-0.15, -0.1) is 0 Å². The monoisotopic (exact) mass is 482 g/mol. The molecule has 2 aromatic rings. The highest BCUT2D eigenvalue weighted by Crippen LogP contribution is 2.39. The van der Waals surface area contributed by atoms with Gasteiger partial charge in [0.05, 0.1) is 17.0 Å². The van der Waals surface area contributed by atoms with Crippen LogP contribution in [-0.4, -0.2) is 50.1 Å². The largest absolute Gasteiger partial charge is 0.478 e. The number of hydrogen-bond donors (Lipinski definition) is 4. The Labute approximate surface area is 199 Å². The lowest BCUT2D eigenvalue weighted by molar-refractivity contribution is -0.106. The third-order valence-corrected chi connectivity index (χ3v) is 5.38. The molecule has 0 aromatic heterocycles. The number of carboxylic acid groups (broad SMARTS) is 4. The summed E-state index contributed by atoms with van der Waals surface area (Å²) >= 11 is 0. The fourth-order valence-corrected chi connectivity index (χ4v) is 3.87. The molecule has 10 heteroatoms. The number of aromatic carboxylic acids is 4. The normalized spacial score (nSPS) is 15.9. The molecule has 0 spiro atoms. The number of benzene rings is 2. The van der Waals surface area contributed by atoms with Crippen molar-refractivity contribution in [3.63, 3.8) is 0 Å². The SMILES string of the molecule is CCCC1C=CC=CC1(Oc1cccc(C(=O)O)c1C(=O)O)Oc1cccc(C(=O)O)c1C(=O)O. The zero-order valence-corrected chi connectivity index (χ0v) is 18.5. The second-order valence-electron chi connectivity index (χ2n) is 7.64. The molecule has 1 unspecified atom stereocenters. The van der Waals surface area contributed by atoms with Gasteiger partial charge in [-0.05, 0) is 30.7 Å². The molecule has 0 heterocycles. The Hall–Kier alpha value is -4.60. The van der Waals surface area contributed by atoms with Crippen molar-refractivity contribution in [1.29, 1.82) is 0 Å². The van der Waals surface area contributed by atoms with Gasteiger partial charge in [-0.3, -0.25) is 0 Å². The van der Waals surface area contributed by atoms with E-state index in [1.165, 1.54) is 30.3 Å². The maximum atomic E-state index is 12.0. The van der Waals surface area contributed by atoms with Crippen LogP contribution in [0.1, 0.15) is 61.2 Å². The molecule has 1 aliphatic carbocycles. The topological polar surface area (TPSA) is 168 Å². The summed E-state index contributed by atoms with van der Waals surface area (Å²) in [5.41, 5.74) is -2.24. The predicted molar refractivity (Wildman–Crippen MR) is 121 cm³/mol. The third kappa shape index (κ3) is 5.01. The molecule has 182 valence electrons. The minimum absolute atomic E-state index is 0.315. The summed E-state index contributed by atoms with van der Waals surface area (Å²) in [5.74, 6) is -9.06. The second kappa shape index (κ2) is 10.1. The van der Waals surface area contributed by atoms with Crippen LogP contribution in [0.5, 0.6) is 11.5 Å². The van der Waals surface area contributed by atoms with Gasteiger partial charge in [-0.2, -0.15) is 0 Å². The highest BCUT2D eigenvalue weighted by atomic mass is 16.7. The first-order chi connectivity index (χ1) is 16.6. The number of rotatable bonds is 10. The summed E-state index contributed by atoms with van der Waals surface area (Å²) in [6, 6.07) is 7.38. The van der Waals surface area contributed by atoms with E-state index in [0.29, 0.717) is 12.8 Å². The molecule has 0 amide bonds. The first-order valence-corrected chi connectivity index (χ1v) is 10.5. The molecule has 0 bridgehead atoms. The Bertz CT molecular complexity index is 1160. The van der Waals surface area contributed by atoms with Crippen molar-refractivity contribution in [2.45, 2.75) is 25.6 Å². The zero-order chi connectivity index (χ0) is 25.8. The maximum Gasteiger partial charge on any atom is 0.340 e. The van der Waals surface area contributed by atoms with E-state index < -0.39 is 57.8 Å². The highest BCUT2D eigenvalue weighted by molar-refractivity contribution is 6.04. The molecule has 1 atom stereocenters. The third-order valence-electron chi connectivity index (χ3n) is 5.38. The van der Waals surface area contributed by atoms with E-state index in [9.17, 15) is 39.6 Å². The smallest absolute Gasteiger partial charge is 0.340 e. The lowest BCUT2D eigenvalue weighted by Crippen LogP contribution is -2.48. The molecular formula is C25H22O10. The number of hydrogen-bond acceptors (Lipinski definition) is 6. The fraction of sp³-hybridized carbons (Fsp3) is 0.200. The van der Waals surface area contributed by atoms with Crippen LogP contribution in [0.3, 0.4) is 0 Å². The summed E-state index contributed by atoms with van der Waals surface area (Å²) in [5, 5.41) is 38.4. The Morgan fingerprint density at radius 2 is 1.26 bits per heavy atom. The van der Waals surface area contributed by atoms with Crippen LogP contribution in [0, 0.1) is 5.92 Å². The van der Waals surface area contributed by atoms with Gasteiger partial charge >= 0.3 is 23.9 Å². The second-order valence-corrected chi connectivity index (χ2v) is 7.64. The molecular weight excluding hydrogens is 460 g/mol. The molecule has 0 radical (unpaired) electrons. The molecule has 0 fully saturated rings. The van der Waals surface area contributed by atoms with Crippen molar-refractivity contribution in [2.75, 3.05) is 0 Å². The molecule has 0 aliphatic heterocycles. The molecule has 2 aromatic carbocycles. The predicted octanol–water partition coefficient (Wildman–Crippen LogP) is 4.18. The quantitative estimate of drug-likeness (QED) is 0.361. The van der Waals surface area contributed by atoms with Crippen molar-refractivity contribution in [3.05, 3.63) is 83.0 Å². The number of carboxylic acids is 4. The maximum absolute atomic E-state index is 12.0. The van der Waals surface area contributed by atoms with Gasteiger partial charge in [0.2, 0.25) is 0 Å². The van der Waals surface area contributed by atoms with Crippen LogP contribution >= 0.6 is 0 Å². The standard InChI is InChI=1S/C25H22O10/c1-2-7-14-8-3-4-13-25(14,34-17-11-5-9-15(21(26)27)19(17)23(30)31)35-18-12-6-10-16(22(28)29)20(18)24(32)33/h3-6,8-14H,2,7H2,1H3,(H,26,27)(H,28,29)(H,30,31)(H,32,33). The average Bonchev–Trinajstić information content (AvgIpc) is 2.80. The molecule has 4 N–H and O–H groups in total. The minimum Gasteiger partial charge on any atom is -0.478 e. The van der Waals surface area contributed by atoms with Crippen molar-refractivity contribution >= 4 is 23.9 Å². The van der Waals surface area contributed by atoms with Crippen molar-refractivity contribution in [2.24, 2.45) is 5.92 Å². The van der Waals surface area contributed by atoms with Crippen LogP contribution in [0.15, 0.2) is 60.7 Å². The van der Waals surface area contributed by atoms with Crippen molar-refractivity contribution in [1.82, 2.24) is 0 Å². The van der Waals surface area contributed by atoms with Gasteiger partial charge in [-0.25, -0.2) is 19.2 Å². The minimum atomic E-state index is -1.81. The summed E-state index contributed by atoms with van der Waals surface area (Å²) in [6.07, 6.45) is 7.54. The van der Waals surface area contributed by atoms with Gasteiger partial charge < -0.3 is 29.9 Å². The molecule has 35 heavy (non-hydrogen) atoms. The Kier molecular flexibility index (Phi) is 7.24. The van der Waals surface area contributed by atoms with E-state index >= 15 is 0 Å². The van der Waals surface area contributed by atoms with Crippen molar-refractivity contribution < 1.29 is 49.1 Å². The van der Waals surface area contributed by atoms with Gasteiger partial charge in [-0.1, -0.05) is 43.7 Å².